The highest BCUT2D eigenvalue weighted by Gasteiger charge is 2.33. The molecule has 0 heterocycles. The summed E-state index contributed by atoms with van der Waals surface area (Å²) in [4.78, 5) is 24.2. The molecule has 2 aromatic rings. The first kappa shape index (κ1) is 29.1. The van der Waals surface area contributed by atoms with Crippen molar-refractivity contribution in [3.8, 4) is 0 Å². The molecule has 0 saturated heterocycles. The van der Waals surface area contributed by atoms with E-state index in [2.05, 4.69) is 21.2 Å². The average molecular weight is 602 g/mol. The molecule has 0 aliphatic heterocycles. The van der Waals surface area contributed by atoms with Gasteiger partial charge in [0.25, 0.3) is 11.8 Å². The Bertz CT molecular complexity index is 1120. The maximum Gasteiger partial charge on any atom is 0.405 e. The molecule has 12 heteroatoms. The minimum atomic E-state index is -4.58. The largest absolute Gasteiger partial charge is 0.405 e. The van der Waals surface area contributed by atoms with Crippen LogP contribution in [0.15, 0.2) is 46.9 Å². The number of hydrogen-bond donors (Lipinski definition) is 2. The van der Waals surface area contributed by atoms with Gasteiger partial charge in [-0.25, -0.2) is 8.78 Å². The van der Waals surface area contributed by atoms with Crippen LogP contribution < -0.4 is 10.6 Å². The van der Waals surface area contributed by atoms with Crippen molar-refractivity contribution in [2.75, 3.05) is 6.54 Å². The monoisotopic (exact) mass is 600 g/mol. The first-order valence-corrected chi connectivity index (χ1v) is 11.6. The first-order chi connectivity index (χ1) is 16.1. The third-order valence-corrected chi connectivity index (χ3v) is 6.17. The third kappa shape index (κ3) is 8.77. The second kappa shape index (κ2) is 11.7. The van der Waals surface area contributed by atoms with Crippen LogP contribution in [0.25, 0.3) is 6.08 Å². The SMILES string of the molecule is CC(NC(=O)c1ccc(C=CC(c2ccc(Cl)c(Cl)c2)C(C)(F)F)cc1Br)C(=O)NCC(F)(F)F. The molecule has 2 N–H and O–H groups in total. The molecule has 0 saturated carbocycles. The van der Waals surface area contributed by atoms with Crippen LogP contribution in [-0.4, -0.2) is 36.5 Å². The second-order valence-electron chi connectivity index (χ2n) is 7.73. The molecule has 0 spiro atoms. The zero-order chi connectivity index (χ0) is 26.6. The normalized spacial score (nSPS) is 14.0. The van der Waals surface area contributed by atoms with Crippen molar-refractivity contribution in [2.24, 2.45) is 0 Å². The van der Waals surface area contributed by atoms with Crippen LogP contribution in [0, 0.1) is 0 Å². The summed E-state index contributed by atoms with van der Waals surface area (Å²) in [5.41, 5.74) is 0.842. The van der Waals surface area contributed by atoms with Gasteiger partial charge in [-0.15, -0.1) is 0 Å². The van der Waals surface area contributed by atoms with Crippen LogP contribution in [-0.2, 0) is 4.79 Å². The van der Waals surface area contributed by atoms with Gasteiger partial charge in [0.15, 0.2) is 0 Å². The predicted molar refractivity (Wildman–Crippen MR) is 129 cm³/mol. The van der Waals surface area contributed by atoms with Crippen molar-refractivity contribution in [3.05, 3.63) is 73.7 Å². The molecule has 0 aliphatic carbocycles. The van der Waals surface area contributed by atoms with Crippen molar-refractivity contribution in [3.63, 3.8) is 0 Å². The lowest BCUT2D eigenvalue weighted by molar-refractivity contribution is -0.139. The Kier molecular flexibility index (Phi) is 9.72. The summed E-state index contributed by atoms with van der Waals surface area (Å²) >= 11 is 15.1. The highest BCUT2D eigenvalue weighted by molar-refractivity contribution is 9.10. The number of halogens is 8. The quantitative estimate of drug-likeness (QED) is 0.320. The summed E-state index contributed by atoms with van der Waals surface area (Å²) < 4.78 is 65.6. The molecule has 190 valence electrons. The van der Waals surface area contributed by atoms with E-state index in [0.29, 0.717) is 5.56 Å². The molecule has 2 aromatic carbocycles. The van der Waals surface area contributed by atoms with E-state index in [1.165, 1.54) is 55.5 Å². The number of rotatable bonds is 8. The molecule has 2 amide bonds. The van der Waals surface area contributed by atoms with E-state index in [1.807, 2.05) is 0 Å². The van der Waals surface area contributed by atoms with Gasteiger partial charge in [0, 0.05) is 11.4 Å². The Balaban J connectivity index is 2.16. The fourth-order valence-electron chi connectivity index (χ4n) is 2.99. The van der Waals surface area contributed by atoms with Crippen molar-refractivity contribution in [1.29, 1.82) is 0 Å². The number of nitrogens with one attached hydrogen (secondary N) is 2. The summed E-state index contributed by atoms with van der Waals surface area (Å²) in [5.74, 6) is -6.14. The van der Waals surface area contributed by atoms with E-state index in [4.69, 9.17) is 23.2 Å². The first-order valence-electron chi connectivity index (χ1n) is 10.0. The molecule has 2 unspecified atom stereocenters. The maximum absolute atomic E-state index is 14.3. The summed E-state index contributed by atoms with van der Waals surface area (Å²) in [6, 6.07) is 7.40. The third-order valence-electron chi connectivity index (χ3n) is 4.77. The molecule has 4 nitrogen and oxygen atoms in total. The number of amides is 2. The van der Waals surface area contributed by atoms with Crippen molar-refractivity contribution in [1.82, 2.24) is 10.6 Å². The minimum Gasteiger partial charge on any atom is -0.345 e. The summed E-state index contributed by atoms with van der Waals surface area (Å²) in [6.45, 7) is 0.499. The van der Waals surface area contributed by atoms with E-state index in [9.17, 15) is 31.5 Å². The number of carbonyl (C=O) groups is 2. The fourth-order valence-corrected chi connectivity index (χ4v) is 3.87. The average Bonchev–Trinajstić information content (AvgIpc) is 2.73. The van der Waals surface area contributed by atoms with Gasteiger partial charge in [0.05, 0.1) is 21.5 Å². The lowest BCUT2D eigenvalue weighted by Gasteiger charge is -2.21. The lowest BCUT2D eigenvalue weighted by Crippen LogP contribution is -2.47. The molecular formula is C23H20BrCl2F5N2O2. The van der Waals surface area contributed by atoms with Crippen LogP contribution in [0.2, 0.25) is 10.0 Å². The predicted octanol–water partition coefficient (Wildman–Crippen LogP) is 7.00. The van der Waals surface area contributed by atoms with Crippen LogP contribution in [0.5, 0.6) is 0 Å². The molecular weight excluding hydrogens is 582 g/mol. The topological polar surface area (TPSA) is 58.2 Å². The van der Waals surface area contributed by atoms with Crippen LogP contribution in [0.3, 0.4) is 0 Å². The highest BCUT2D eigenvalue weighted by Crippen LogP contribution is 2.37. The van der Waals surface area contributed by atoms with E-state index in [0.717, 1.165) is 6.92 Å². The summed E-state index contributed by atoms with van der Waals surface area (Å²) in [5, 5.41) is 4.37. The van der Waals surface area contributed by atoms with E-state index >= 15 is 0 Å². The lowest BCUT2D eigenvalue weighted by atomic mass is 9.92. The Labute approximate surface area is 217 Å². The van der Waals surface area contributed by atoms with Crippen molar-refractivity contribution >= 4 is 57.0 Å². The van der Waals surface area contributed by atoms with Gasteiger partial charge in [-0.1, -0.05) is 47.5 Å². The fraction of sp³-hybridized carbons (Fsp3) is 0.304. The van der Waals surface area contributed by atoms with Gasteiger partial charge >= 0.3 is 6.18 Å². The number of alkyl halides is 5. The number of allylic oxidation sites excluding steroid dienone is 1. The van der Waals surface area contributed by atoms with E-state index in [-0.39, 0.29) is 25.6 Å². The Morgan fingerprint density at radius 2 is 1.71 bits per heavy atom. The molecule has 0 fully saturated rings. The summed E-state index contributed by atoms with van der Waals surface area (Å²) in [7, 11) is 0. The Morgan fingerprint density at radius 3 is 2.26 bits per heavy atom. The van der Waals surface area contributed by atoms with Crippen LogP contribution in [0.4, 0.5) is 22.0 Å². The standard InChI is InChI=1S/C23H20BrCl2F5N2O2/c1-12(20(34)32-11-23(29,30)31)33-21(35)15-6-3-13(9-17(15)24)4-7-16(22(2,27)28)14-5-8-18(25)19(26)10-14/h3-10,12,16H,11H2,1-2H3,(H,32,34)(H,33,35). The van der Waals surface area contributed by atoms with Crippen molar-refractivity contribution < 1.29 is 31.5 Å². The zero-order valence-corrected chi connectivity index (χ0v) is 21.4. The molecule has 0 aromatic heterocycles. The second-order valence-corrected chi connectivity index (χ2v) is 9.40. The van der Waals surface area contributed by atoms with Crippen molar-refractivity contribution in [2.45, 2.75) is 37.9 Å². The van der Waals surface area contributed by atoms with Gasteiger partial charge in [-0.2, -0.15) is 13.2 Å². The number of carbonyl (C=O) groups excluding carboxylic acids is 2. The Morgan fingerprint density at radius 1 is 1.06 bits per heavy atom. The van der Waals surface area contributed by atoms with Gasteiger partial charge in [-0.05, 0) is 58.2 Å². The van der Waals surface area contributed by atoms with E-state index in [1.54, 1.807) is 5.32 Å². The Hall–Kier alpha value is -2.17. The van der Waals surface area contributed by atoms with Gasteiger partial charge in [0.2, 0.25) is 5.91 Å². The highest BCUT2D eigenvalue weighted by atomic mass is 79.9. The van der Waals surface area contributed by atoms with Gasteiger partial charge in [0.1, 0.15) is 12.6 Å². The molecule has 2 rings (SSSR count). The van der Waals surface area contributed by atoms with Crippen LogP contribution >= 0.6 is 39.1 Å². The van der Waals surface area contributed by atoms with Gasteiger partial charge < -0.3 is 10.6 Å². The number of benzene rings is 2. The molecule has 0 aliphatic rings. The number of hydrogen-bond acceptors (Lipinski definition) is 2. The smallest absolute Gasteiger partial charge is 0.345 e. The summed E-state index contributed by atoms with van der Waals surface area (Å²) in [6.07, 6.45) is -1.83. The molecule has 0 bridgehead atoms. The van der Waals surface area contributed by atoms with Gasteiger partial charge in [-0.3, -0.25) is 9.59 Å². The molecule has 0 radical (unpaired) electrons. The van der Waals surface area contributed by atoms with Crippen LogP contribution in [0.1, 0.15) is 41.3 Å². The minimum absolute atomic E-state index is 0.0967. The maximum atomic E-state index is 14.3. The van der Waals surface area contributed by atoms with E-state index < -0.39 is 42.4 Å². The zero-order valence-electron chi connectivity index (χ0n) is 18.3. The molecule has 35 heavy (non-hydrogen) atoms. The molecule has 2 atom stereocenters.